The van der Waals surface area contributed by atoms with Crippen LogP contribution in [-0.4, -0.2) is 36.2 Å². The van der Waals surface area contributed by atoms with Gasteiger partial charge in [-0.25, -0.2) is 10.0 Å². The second kappa shape index (κ2) is 41.1. The summed E-state index contributed by atoms with van der Waals surface area (Å²) in [6.45, 7) is 14.5. The number of unbranched alkanes of at least 4 members (excludes halogenated alkanes) is 32. The molecule has 0 bridgehead atoms. The molecule has 0 aliphatic rings. The van der Waals surface area contributed by atoms with E-state index in [4.69, 9.17) is 0 Å². The quantitative estimate of drug-likeness (QED) is 0.0481. The molecule has 0 atom stereocenters. The van der Waals surface area contributed by atoms with Crippen LogP contribution in [0.1, 0.15) is 259 Å². The largest absolute Gasteiger partial charge is 0.242 e. The summed E-state index contributed by atoms with van der Waals surface area (Å²) in [5.41, 5.74) is 0. The fourth-order valence-electron chi connectivity index (χ4n) is 7.21. The Balaban J connectivity index is 4.76. The highest BCUT2D eigenvalue weighted by Crippen LogP contribution is 2.17. The monoisotopic (exact) mass is 649 g/mol. The molecule has 46 heavy (non-hydrogen) atoms. The summed E-state index contributed by atoms with van der Waals surface area (Å²) in [6.07, 6.45) is 51.7. The number of hydrogen-bond donors (Lipinski definition) is 0. The second-order valence-corrected chi connectivity index (χ2v) is 15.2. The van der Waals surface area contributed by atoms with E-state index in [9.17, 15) is 0 Å². The minimum absolute atomic E-state index is 1.31. The zero-order valence-electron chi connectivity index (χ0n) is 33.2. The van der Waals surface area contributed by atoms with Crippen LogP contribution in [0.15, 0.2) is 0 Å². The minimum Gasteiger partial charge on any atom is -0.242 e. The number of nitrogens with zero attached hydrogens (tertiary/aromatic N) is 2. The lowest BCUT2D eigenvalue weighted by Crippen LogP contribution is -2.45. The van der Waals surface area contributed by atoms with Crippen LogP contribution in [0.4, 0.5) is 0 Å². The summed E-state index contributed by atoms with van der Waals surface area (Å²) < 4.78 is 0. The Morgan fingerprint density at radius 3 is 0.457 bits per heavy atom. The molecule has 2 nitrogen and oxygen atoms in total. The lowest BCUT2D eigenvalue weighted by atomic mass is 10.1. The first-order valence-corrected chi connectivity index (χ1v) is 22.3. The van der Waals surface area contributed by atoms with Crippen molar-refractivity contribution in [2.45, 2.75) is 259 Å². The Kier molecular flexibility index (Phi) is 41.0. The summed E-state index contributed by atoms with van der Waals surface area (Å²) >= 11 is 0. The van der Waals surface area contributed by atoms with Gasteiger partial charge in [-0.2, -0.15) is 0 Å². The van der Waals surface area contributed by atoms with Crippen molar-refractivity contribution in [3.05, 3.63) is 0 Å². The van der Waals surface area contributed by atoms with Gasteiger partial charge < -0.3 is 0 Å². The Hall–Kier alpha value is -0.0800. The zero-order valence-corrected chi connectivity index (χ0v) is 33.2. The standard InChI is InChI=1S/C44H92N2/c1-5-9-13-17-21-25-27-31-35-39-43-46(44-40-36-32-28-26-22-18-14-10-6-2)45(41-37-33-29-23-19-15-11-7-3)42-38-34-30-24-20-16-12-8-4/h5-44H2,1-4H3. The fraction of sp³-hybridized carbons (Fsp3) is 1.00. The smallest absolute Gasteiger partial charge is 0.0133 e. The van der Waals surface area contributed by atoms with Gasteiger partial charge in [-0.3, -0.25) is 0 Å². The van der Waals surface area contributed by atoms with Crippen molar-refractivity contribution in [3.63, 3.8) is 0 Å². The molecule has 0 fully saturated rings. The zero-order chi connectivity index (χ0) is 33.4. The van der Waals surface area contributed by atoms with Gasteiger partial charge in [0.05, 0.1) is 0 Å². The van der Waals surface area contributed by atoms with Crippen LogP contribution < -0.4 is 0 Å². The lowest BCUT2D eigenvalue weighted by Gasteiger charge is -2.36. The van der Waals surface area contributed by atoms with Crippen LogP contribution >= 0.6 is 0 Å². The van der Waals surface area contributed by atoms with Gasteiger partial charge in [0.1, 0.15) is 0 Å². The van der Waals surface area contributed by atoms with Crippen LogP contribution in [0.5, 0.6) is 0 Å². The summed E-state index contributed by atoms with van der Waals surface area (Å²) in [6, 6.07) is 0. The van der Waals surface area contributed by atoms with Crippen molar-refractivity contribution >= 4 is 0 Å². The predicted octanol–water partition coefficient (Wildman–Crippen LogP) is 15.6. The molecular weight excluding hydrogens is 556 g/mol. The van der Waals surface area contributed by atoms with Crippen molar-refractivity contribution in [2.24, 2.45) is 0 Å². The van der Waals surface area contributed by atoms with Gasteiger partial charge in [-0.1, -0.05) is 233 Å². The van der Waals surface area contributed by atoms with Crippen molar-refractivity contribution in [3.8, 4) is 0 Å². The Morgan fingerprint density at radius 1 is 0.174 bits per heavy atom. The topological polar surface area (TPSA) is 6.48 Å². The molecular formula is C44H92N2. The molecule has 0 N–H and O–H groups in total. The van der Waals surface area contributed by atoms with Crippen molar-refractivity contribution in [1.82, 2.24) is 10.0 Å². The molecule has 0 radical (unpaired) electrons. The van der Waals surface area contributed by atoms with Gasteiger partial charge >= 0.3 is 0 Å². The van der Waals surface area contributed by atoms with E-state index in [-0.39, 0.29) is 0 Å². The highest BCUT2D eigenvalue weighted by atomic mass is 15.6. The first-order valence-electron chi connectivity index (χ1n) is 22.3. The first kappa shape index (κ1) is 45.9. The maximum absolute atomic E-state index is 2.87. The molecule has 0 aromatic heterocycles. The van der Waals surface area contributed by atoms with E-state index < -0.39 is 0 Å². The SMILES string of the molecule is CCCCCCCCCCCCN(CCCCCCCCCCCC)N(CCCCCCCCCC)CCCCCCCCCC. The number of hydrogen-bond acceptors (Lipinski definition) is 2. The maximum atomic E-state index is 2.87. The van der Waals surface area contributed by atoms with E-state index in [0.717, 1.165) is 0 Å². The van der Waals surface area contributed by atoms with Crippen LogP contribution in [0, 0.1) is 0 Å². The predicted molar refractivity (Wildman–Crippen MR) is 212 cm³/mol. The Labute approximate surface area is 294 Å². The molecule has 0 spiro atoms. The fourth-order valence-corrected chi connectivity index (χ4v) is 7.21. The van der Waals surface area contributed by atoms with Gasteiger partial charge in [0, 0.05) is 26.2 Å². The van der Waals surface area contributed by atoms with Gasteiger partial charge in [0.25, 0.3) is 0 Å². The van der Waals surface area contributed by atoms with E-state index in [2.05, 4.69) is 37.7 Å². The van der Waals surface area contributed by atoms with E-state index in [0.29, 0.717) is 0 Å². The summed E-state index contributed by atoms with van der Waals surface area (Å²) in [7, 11) is 0. The molecule has 0 saturated carbocycles. The molecule has 0 saturated heterocycles. The van der Waals surface area contributed by atoms with Gasteiger partial charge in [-0.15, -0.1) is 0 Å². The molecule has 278 valence electrons. The summed E-state index contributed by atoms with van der Waals surface area (Å²) in [5.74, 6) is 0. The van der Waals surface area contributed by atoms with Gasteiger partial charge in [-0.05, 0) is 25.7 Å². The van der Waals surface area contributed by atoms with Crippen LogP contribution in [0.2, 0.25) is 0 Å². The minimum atomic E-state index is 1.31. The summed E-state index contributed by atoms with van der Waals surface area (Å²) in [5, 5.41) is 5.74. The van der Waals surface area contributed by atoms with E-state index in [1.54, 1.807) is 0 Å². The van der Waals surface area contributed by atoms with E-state index >= 15 is 0 Å². The van der Waals surface area contributed by atoms with Crippen LogP contribution in [-0.2, 0) is 0 Å². The molecule has 0 amide bonds. The van der Waals surface area contributed by atoms with E-state index in [1.807, 2.05) is 0 Å². The van der Waals surface area contributed by atoms with Gasteiger partial charge in [0.2, 0.25) is 0 Å². The first-order chi connectivity index (χ1) is 22.8. The van der Waals surface area contributed by atoms with Crippen molar-refractivity contribution in [2.75, 3.05) is 26.2 Å². The molecule has 0 aliphatic heterocycles. The number of hydrazine groups is 1. The Bertz CT molecular complexity index is 476. The highest BCUT2D eigenvalue weighted by molar-refractivity contribution is 4.63. The van der Waals surface area contributed by atoms with Crippen molar-refractivity contribution in [1.29, 1.82) is 0 Å². The molecule has 2 heteroatoms. The Morgan fingerprint density at radius 2 is 0.304 bits per heavy atom. The molecule has 0 heterocycles. The molecule has 0 rings (SSSR count). The third kappa shape index (κ3) is 35.2. The number of rotatable bonds is 41. The molecule has 0 unspecified atom stereocenters. The summed E-state index contributed by atoms with van der Waals surface area (Å²) in [4.78, 5) is 0. The highest BCUT2D eigenvalue weighted by Gasteiger charge is 2.15. The molecule has 0 aromatic carbocycles. The average molecular weight is 649 g/mol. The third-order valence-electron chi connectivity index (χ3n) is 10.5. The maximum Gasteiger partial charge on any atom is 0.0133 e. The second-order valence-electron chi connectivity index (χ2n) is 15.2. The van der Waals surface area contributed by atoms with Gasteiger partial charge in [0.15, 0.2) is 0 Å². The third-order valence-corrected chi connectivity index (χ3v) is 10.5. The molecule has 0 aliphatic carbocycles. The average Bonchev–Trinajstić information content (AvgIpc) is 3.07. The van der Waals surface area contributed by atoms with E-state index in [1.165, 1.54) is 257 Å². The molecule has 0 aromatic rings. The van der Waals surface area contributed by atoms with Crippen LogP contribution in [0.25, 0.3) is 0 Å². The lowest BCUT2D eigenvalue weighted by molar-refractivity contribution is -0.0308. The van der Waals surface area contributed by atoms with Crippen molar-refractivity contribution < 1.29 is 0 Å². The van der Waals surface area contributed by atoms with Crippen LogP contribution in [0.3, 0.4) is 0 Å². The normalized spacial score (nSPS) is 11.9.